The maximum atomic E-state index is 12.9. The average Bonchev–Trinajstić information content (AvgIpc) is 3.31. The summed E-state index contributed by atoms with van der Waals surface area (Å²) in [5, 5.41) is 0. The summed E-state index contributed by atoms with van der Waals surface area (Å²) in [5.74, 6) is 1.16. The van der Waals surface area contributed by atoms with Gasteiger partial charge in [0, 0.05) is 38.6 Å². The van der Waals surface area contributed by atoms with Gasteiger partial charge in [0.05, 0.1) is 18.7 Å². The lowest BCUT2D eigenvalue weighted by Gasteiger charge is -2.24. The van der Waals surface area contributed by atoms with Crippen molar-refractivity contribution in [2.24, 2.45) is 11.8 Å². The molecule has 146 valence electrons. The zero-order valence-electron chi connectivity index (χ0n) is 16.0. The molecule has 0 spiro atoms. The first kappa shape index (κ1) is 18.3. The first-order chi connectivity index (χ1) is 13.1. The topological polar surface area (TPSA) is 73.9 Å². The van der Waals surface area contributed by atoms with Crippen molar-refractivity contribution in [1.82, 2.24) is 15.8 Å². The van der Waals surface area contributed by atoms with E-state index in [-0.39, 0.29) is 30.2 Å². The Morgan fingerprint density at radius 3 is 2.81 bits per heavy atom. The Hall–Kier alpha value is -2.12. The van der Waals surface area contributed by atoms with Crippen molar-refractivity contribution < 1.29 is 14.3 Å². The van der Waals surface area contributed by atoms with Gasteiger partial charge in [-0.1, -0.05) is 12.1 Å². The van der Waals surface area contributed by atoms with Gasteiger partial charge < -0.3 is 14.5 Å². The second-order valence-corrected chi connectivity index (χ2v) is 7.96. The van der Waals surface area contributed by atoms with Crippen LogP contribution in [-0.2, 0) is 9.59 Å². The Balaban J connectivity index is 1.35. The van der Waals surface area contributed by atoms with E-state index in [1.807, 2.05) is 31.3 Å². The summed E-state index contributed by atoms with van der Waals surface area (Å²) >= 11 is 0. The largest absolute Gasteiger partial charge is 0.495 e. The van der Waals surface area contributed by atoms with Crippen molar-refractivity contribution in [3.63, 3.8) is 0 Å². The standard InChI is InChI=1S/C20H28N4O3/c1-23(12-15-10-16(22-21-15)13-7-8-13)20(26)14-9-19(25)24(11-14)17-5-3-4-6-18(17)27-2/h3-6,13-16,21-22H,7-12H2,1-2H3. The fourth-order valence-electron chi connectivity index (χ4n) is 4.27. The van der Waals surface area contributed by atoms with Crippen molar-refractivity contribution in [2.45, 2.75) is 37.8 Å². The van der Waals surface area contributed by atoms with E-state index in [9.17, 15) is 9.59 Å². The van der Waals surface area contributed by atoms with Gasteiger partial charge in [-0.05, 0) is 37.3 Å². The van der Waals surface area contributed by atoms with Crippen molar-refractivity contribution in [2.75, 3.05) is 32.1 Å². The number of ether oxygens (including phenoxy) is 1. The normalized spacial score (nSPS) is 27.9. The Morgan fingerprint density at radius 1 is 1.30 bits per heavy atom. The number of amides is 2. The van der Waals surface area contributed by atoms with Crippen LogP contribution >= 0.6 is 0 Å². The van der Waals surface area contributed by atoms with Gasteiger partial charge in [-0.3, -0.25) is 20.4 Å². The fourth-order valence-corrected chi connectivity index (χ4v) is 4.27. The van der Waals surface area contributed by atoms with E-state index < -0.39 is 0 Å². The number of hydrogen-bond donors (Lipinski definition) is 2. The third kappa shape index (κ3) is 3.80. The van der Waals surface area contributed by atoms with Gasteiger partial charge in [-0.15, -0.1) is 0 Å². The first-order valence-electron chi connectivity index (χ1n) is 9.76. The Morgan fingerprint density at radius 2 is 2.07 bits per heavy atom. The number of nitrogens with zero attached hydrogens (tertiary/aromatic N) is 2. The predicted molar refractivity (Wildman–Crippen MR) is 102 cm³/mol. The molecule has 1 aromatic rings. The molecule has 1 saturated carbocycles. The first-order valence-corrected chi connectivity index (χ1v) is 9.76. The monoisotopic (exact) mass is 372 g/mol. The number of anilines is 1. The molecular formula is C20H28N4O3. The summed E-state index contributed by atoms with van der Waals surface area (Å²) in [7, 11) is 3.43. The molecule has 3 fully saturated rings. The fraction of sp³-hybridized carbons (Fsp3) is 0.600. The van der Waals surface area contributed by atoms with Crippen molar-refractivity contribution >= 4 is 17.5 Å². The van der Waals surface area contributed by atoms with E-state index in [2.05, 4.69) is 10.9 Å². The molecule has 7 heteroatoms. The number of methoxy groups -OCH3 is 1. The molecule has 3 atom stereocenters. The minimum atomic E-state index is -0.305. The summed E-state index contributed by atoms with van der Waals surface area (Å²) < 4.78 is 5.37. The second-order valence-electron chi connectivity index (χ2n) is 7.96. The number of hydrogen-bond acceptors (Lipinski definition) is 5. The number of carbonyl (C=O) groups excluding carboxylic acids is 2. The quantitative estimate of drug-likeness (QED) is 0.784. The summed E-state index contributed by atoms with van der Waals surface area (Å²) in [6.45, 7) is 1.07. The van der Waals surface area contributed by atoms with Gasteiger partial charge in [0.15, 0.2) is 0 Å². The van der Waals surface area contributed by atoms with Crippen LogP contribution in [0.5, 0.6) is 5.75 Å². The molecular weight excluding hydrogens is 344 g/mol. The highest BCUT2D eigenvalue weighted by molar-refractivity contribution is 6.01. The number of nitrogens with one attached hydrogen (secondary N) is 2. The van der Waals surface area contributed by atoms with E-state index in [1.54, 1.807) is 16.9 Å². The molecule has 1 aromatic carbocycles. The molecule has 3 aliphatic rings. The summed E-state index contributed by atoms with van der Waals surface area (Å²) in [6, 6.07) is 8.25. The SMILES string of the molecule is COc1ccccc1N1CC(C(=O)N(C)CC2CC(C3CC3)NN2)CC1=O. The molecule has 1 aliphatic carbocycles. The number of carbonyl (C=O) groups is 2. The van der Waals surface area contributed by atoms with E-state index in [0.717, 1.165) is 18.0 Å². The molecule has 2 amide bonds. The van der Waals surface area contributed by atoms with E-state index in [0.29, 0.717) is 24.9 Å². The average molecular weight is 372 g/mol. The van der Waals surface area contributed by atoms with Crippen LogP contribution in [0.25, 0.3) is 0 Å². The van der Waals surface area contributed by atoms with E-state index >= 15 is 0 Å². The van der Waals surface area contributed by atoms with Gasteiger partial charge in [-0.2, -0.15) is 0 Å². The van der Waals surface area contributed by atoms with Crippen LogP contribution in [0.2, 0.25) is 0 Å². The van der Waals surface area contributed by atoms with E-state index in [4.69, 9.17) is 4.74 Å². The smallest absolute Gasteiger partial charge is 0.227 e. The van der Waals surface area contributed by atoms with Crippen LogP contribution < -0.4 is 20.5 Å². The Kier molecular flexibility index (Phi) is 5.06. The molecule has 4 rings (SSSR count). The maximum Gasteiger partial charge on any atom is 0.227 e. The van der Waals surface area contributed by atoms with Crippen molar-refractivity contribution in [3.05, 3.63) is 24.3 Å². The molecule has 2 N–H and O–H groups in total. The molecule has 2 heterocycles. The third-order valence-corrected chi connectivity index (χ3v) is 5.92. The summed E-state index contributed by atoms with van der Waals surface area (Å²) in [5.41, 5.74) is 7.42. The highest BCUT2D eigenvalue weighted by Gasteiger charge is 2.40. The van der Waals surface area contributed by atoms with Crippen LogP contribution in [0.4, 0.5) is 5.69 Å². The maximum absolute atomic E-state index is 12.9. The molecule has 2 aliphatic heterocycles. The number of benzene rings is 1. The highest BCUT2D eigenvalue weighted by atomic mass is 16.5. The highest BCUT2D eigenvalue weighted by Crippen LogP contribution is 2.36. The second kappa shape index (κ2) is 7.48. The minimum Gasteiger partial charge on any atom is -0.495 e. The van der Waals surface area contributed by atoms with Gasteiger partial charge >= 0.3 is 0 Å². The van der Waals surface area contributed by atoms with Gasteiger partial charge in [0.25, 0.3) is 0 Å². The molecule has 7 nitrogen and oxygen atoms in total. The predicted octanol–water partition coefficient (Wildman–Crippen LogP) is 1.15. The number of hydrazine groups is 1. The lowest BCUT2D eigenvalue weighted by atomic mass is 10.0. The van der Waals surface area contributed by atoms with E-state index in [1.165, 1.54) is 12.8 Å². The molecule has 3 unspecified atom stereocenters. The van der Waals surface area contributed by atoms with Gasteiger partial charge in [-0.25, -0.2) is 0 Å². The van der Waals surface area contributed by atoms with Crippen molar-refractivity contribution in [1.29, 1.82) is 0 Å². The molecule has 0 aromatic heterocycles. The Labute approximate surface area is 160 Å². The van der Waals surface area contributed by atoms with Crippen molar-refractivity contribution in [3.8, 4) is 5.75 Å². The molecule has 0 bridgehead atoms. The van der Waals surface area contributed by atoms with Crippen LogP contribution in [0.1, 0.15) is 25.7 Å². The number of likely N-dealkylation sites (N-methyl/N-ethyl adjacent to an activating group) is 1. The van der Waals surface area contributed by atoms with Crippen LogP contribution in [-0.4, -0.2) is 56.0 Å². The number of para-hydroxylation sites is 2. The lowest BCUT2D eigenvalue weighted by molar-refractivity contribution is -0.134. The molecule has 2 saturated heterocycles. The van der Waals surface area contributed by atoms with Crippen LogP contribution in [0.3, 0.4) is 0 Å². The van der Waals surface area contributed by atoms with Crippen LogP contribution in [0, 0.1) is 11.8 Å². The molecule has 27 heavy (non-hydrogen) atoms. The molecule has 0 radical (unpaired) electrons. The lowest BCUT2D eigenvalue weighted by Crippen LogP contribution is -2.43. The third-order valence-electron chi connectivity index (χ3n) is 5.92. The van der Waals surface area contributed by atoms with Crippen LogP contribution in [0.15, 0.2) is 24.3 Å². The minimum absolute atomic E-state index is 0.0271. The van der Waals surface area contributed by atoms with Gasteiger partial charge in [0.2, 0.25) is 11.8 Å². The summed E-state index contributed by atoms with van der Waals surface area (Å²) in [6.07, 6.45) is 3.93. The zero-order valence-corrected chi connectivity index (χ0v) is 16.0. The Bertz CT molecular complexity index is 721. The number of rotatable bonds is 6. The summed E-state index contributed by atoms with van der Waals surface area (Å²) in [4.78, 5) is 28.9. The zero-order chi connectivity index (χ0) is 19.0. The van der Waals surface area contributed by atoms with Gasteiger partial charge in [0.1, 0.15) is 5.75 Å².